The van der Waals surface area contributed by atoms with Gasteiger partial charge in [0.05, 0.1) is 44.7 Å². The van der Waals surface area contributed by atoms with E-state index in [-0.39, 0.29) is 15.7 Å². The fourth-order valence-corrected chi connectivity index (χ4v) is 5.24. The highest BCUT2D eigenvalue weighted by Crippen LogP contribution is 2.34. The number of amides is 3. The molecule has 1 heterocycles. The van der Waals surface area contributed by atoms with Crippen LogP contribution in [0.2, 0.25) is 5.02 Å². The van der Waals surface area contributed by atoms with Crippen LogP contribution in [0.4, 0.5) is 11.4 Å². The molecule has 1 aliphatic heterocycles. The van der Waals surface area contributed by atoms with Crippen molar-refractivity contribution < 1.29 is 19.1 Å². The number of nitrogens with one attached hydrogen (secondary N) is 2. The lowest BCUT2D eigenvalue weighted by atomic mass is 10.1. The SMILES string of the molecule is COc1c(Br)cc(Br)cc1C(=O)NC(=S)Nc1ccc(N2C(=O)c3ccccc3C2=O)cc1Cl. The van der Waals surface area contributed by atoms with Gasteiger partial charge in [0.1, 0.15) is 5.75 Å². The van der Waals surface area contributed by atoms with E-state index in [9.17, 15) is 14.4 Å². The van der Waals surface area contributed by atoms with Gasteiger partial charge in [-0.05, 0) is 70.6 Å². The highest BCUT2D eigenvalue weighted by Gasteiger charge is 2.36. The first-order valence-electron chi connectivity index (χ1n) is 9.64. The molecule has 0 saturated heterocycles. The van der Waals surface area contributed by atoms with Gasteiger partial charge in [0.2, 0.25) is 0 Å². The fourth-order valence-electron chi connectivity index (χ4n) is 3.43. The fraction of sp³-hybridized carbons (Fsp3) is 0.0435. The van der Waals surface area contributed by atoms with E-state index in [1.54, 1.807) is 48.5 Å². The van der Waals surface area contributed by atoms with Crippen LogP contribution in [0, 0.1) is 0 Å². The van der Waals surface area contributed by atoms with Gasteiger partial charge in [-0.25, -0.2) is 4.90 Å². The molecule has 7 nitrogen and oxygen atoms in total. The van der Waals surface area contributed by atoms with E-state index >= 15 is 0 Å². The molecule has 34 heavy (non-hydrogen) atoms. The summed E-state index contributed by atoms with van der Waals surface area (Å²) in [6.45, 7) is 0. The third-order valence-corrected chi connectivity index (χ3v) is 6.50. The molecule has 4 rings (SSSR count). The highest BCUT2D eigenvalue weighted by atomic mass is 79.9. The van der Waals surface area contributed by atoms with Crippen molar-refractivity contribution in [3.05, 3.63) is 85.3 Å². The number of benzene rings is 3. The van der Waals surface area contributed by atoms with Gasteiger partial charge in [0, 0.05) is 4.47 Å². The van der Waals surface area contributed by atoms with Crippen molar-refractivity contribution in [2.24, 2.45) is 0 Å². The molecule has 0 bridgehead atoms. The first kappa shape index (κ1) is 24.3. The minimum Gasteiger partial charge on any atom is -0.495 e. The number of rotatable bonds is 4. The first-order valence-corrected chi connectivity index (χ1v) is 12.0. The maximum absolute atomic E-state index is 12.7. The Morgan fingerprint density at radius 1 is 1.03 bits per heavy atom. The van der Waals surface area contributed by atoms with E-state index in [0.717, 1.165) is 4.90 Å². The molecule has 3 amide bonds. The Balaban J connectivity index is 1.50. The number of carbonyl (C=O) groups is 3. The molecule has 172 valence electrons. The van der Waals surface area contributed by atoms with Crippen LogP contribution in [0.15, 0.2) is 63.5 Å². The number of methoxy groups -OCH3 is 1. The van der Waals surface area contributed by atoms with E-state index in [0.29, 0.717) is 37.2 Å². The van der Waals surface area contributed by atoms with E-state index in [1.807, 2.05) is 0 Å². The Bertz CT molecular complexity index is 1350. The van der Waals surface area contributed by atoms with Crippen molar-refractivity contribution in [2.75, 3.05) is 17.3 Å². The maximum Gasteiger partial charge on any atom is 0.266 e. The summed E-state index contributed by atoms with van der Waals surface area (Å²) in [5.41, 5.74) is 1.64. The summed E-state index contributed by atoms with van der Waals surface area (Å²) >= 11 is 18.3. The largest absolute Gasteiger partial charge is 0.495 e. The summed E-state index contributed by atoms with van der Waals surface area (Å²) in [6, 6.07) is 14.6. The van der Waals surface area contributed by atoms with Gasteiger partial charge in [0.25, 0.3) is 17.7 Å². The summed E-state index contributed by atoms with van der Waals surface area (Å²) in [4.78, 5) is 39.2. The minimum absolute atomic E-state index is 0.00136. The van der Waals surface area contributed by atoms with Gasteiger partial charge in [-0.2, -0.15) is 0 Å². The predicted molar refractivity (Wildman–Crippen MR) is 141 cm³/mol. The zero-order chi connectivity index (χ0) is 24.6. The van der Waals surface area contributed by atoms with Gasteiger partial charge in [-0.1, -0.05) is 39.7 Å². The molecule has 1 aliphatic rings. The minimum atomic E-state index is -0.491. The highest BCUT2D eigenvalue weighted by molar-refractivity contribution is 9.11. The first-order chi connectivity index (χ1) is 16.2. The third kappa shape index (κ3) is 4.58. The molecule has 0 aliphatic carbocycles. The van der Waals surface area contributed by atoms with Gasteiger partial charge in [0.15, 0.2) is 5.11 Å². The Morgan fingerprint density at radius 2 is 1.68 bits per heavy atom. The molecule has 0 spiro atoms. The molecule has 0 unspecified atom stereocenters. The zero-order valence-electron chi connectivity index (χ0n) is 17.3. The maximum atomic E-state index is 12.7. The number of hydrogen-bond acceptors (Lipinski definition) is 5. The number of ether oxygens (including phenoxy) is 1. The molecule has 0 radical (unpaired) electrons. The van der Waals surface area contributed by atoms with Crippen molar-refractivity contribution in [3.63, 3.8) is 0 Å². The lowest BCUT2D eigenvalue weighted by molar-refractivity contribution is 0.0923. The van der Waals surface area contributed by atoms with Gasteiger partial charge in [-0.15, -0.1) is 0 Å². The van der Waals surface area contributed by atoms with Crippen molar-refractivity contribution in [1.82, 2.24) is 5.32 Å². The molecule has 3 aromatic carbocycles. The standard InChI is InChI=1S/C23H14Br2ClN3O4S/c1-33-19-15(8-11(24)9-16(19)25)20(30)28-23(34)27-18-7-6-12(10-17(18)26)29-21(31)13-4-2-3-5-14(13)22(29)32/h2-10H,1H3,(H2,27,28,30,34). The second kappa shape index (κ2) is 9.83. The number of hydrogen-bond donors (Lipinski definition) is 2. The van der Waals surface area contributed by atoms with Crippen LogP contribution in [-0.4, -0.2) is 29.9 Å². The molecule has 0 fully saturated rings. The van der Waals surface area contributed by atoms with E-state index in [4.69, 9.17) is 28.6 Å². The van der Waals surface area contributed by atoms with Crippen LogP contribution in [0.5, 0.6) is 5.75 Å². The van der Waals surface area contributed by atoms with Crippen LogP contribution in [0.25, 0.3) is 0 Å². The van der Waals surface area contributed by atoms with Gasteiger partial charge in [-0.3, -0.25) is 19.7 Å². The summed E-state index contributed by atoms with van der Waals surface area (Å²) in [5, 5.41) is 5.63. The summed E-state index contributed by atoms with van der Waals surface area (Å²) in [6.07, 6.45) is 0. The zero-order valence-corrected chi connectivity index (χ0v) is 22.1. The molecule has 11 heteroatoms. The molecular formula is C23H14Br2ClN3O4S. The molecule has 3 aromatic rings. The Labute approximate surface area is 221 Å². The quantitative estimate of drug-likeness (QED) is 0.282. The second-order valence-corrected chi connectivity index (χ2v) is 9.62. The second-order valence-electron chi connectivity index (χ2n) is 7.03. The number of fused-ring (bicyclic) bond motifs is 1. The van der Waals surface area contributed by atoms with Gasteiger partial charge < -0.3 is 10.1 Å². The monoisotopic (exact) mass is 621 g/mol. The van der Waals surface area contributed by atoms with E-state index < -0.39 is 17.7 Å². The van der Waals surface area contributed by atoms with Crippen molar-refractivity contribution >= 4 is 89.9 Å². The van der Waals surface area contributed by atoms with Crippen molar-refractivity contribution in [2.45, 2.75) is 0 Å². The van der Waals surface area contributed by atoms with Crippen LogP contribution in [0.3, 0.4) is 0 Å². The van der Waals surface area contributed by atoms with Crippen LogP contribution in [0.1, 0.15) is 31.1 Å². The summed E-state index contributed by atoms with van der Waals surface area (Å²) in [7, 11) is 1.46. The number of halogens is 3. The Kier molecular flexibility index (Phi) is 7.04. The molecule has 0 aromatic heterocycles. The average Bonchev–Trinajstić information content (AvgIpc) is 3.05. The molecular weight excluding hydrogens is 610 g/mol. The molecule has 0 saturated carbocycles. The molecule has 0 atom stereocenters. The number of imide groups is 1. The van der Waals surface area contributed by atoms with Crippen LogP contribution >= 0.6 is 55.7 Å². The van der Waals surface area contributed by atoms with Gasteiger partial charge >= 0.3 is 0 Å². The summed E-state index contributed by atoms with van der Waals surface area (Å²) in [5.74, 6) is -0.981. The number of carbonyl (C=O) groups excluding carboxylic acids is 3. The lowest BCUT2D eigenvalue weighted by Crippen LogP contribution is -2.34. The normalized spacial score (nSPS) is 12.4. The number of anilines is 2. The topological polar surface area (TPSA) is 87.7 Å². The Hall–Kier alpha value is -2.79. The third-order valence-electron chi connectivity index (χ3n) is 4.94. The lowest BCUT2D eigenvalue weighted by Gasteiger charge is -2.17. The number of nitrogens with zero attached hydrogens (tertiary/aromatic N) is 1. The summed E-state index contributed by atoms with van der Waals surface area (Å²) < 4.78 is 6.58. The number of thiocarbonyl (C=S) groups is 1. The smallest absolute Gasteiger partial charge is 0.266 e. The van der Waals surface area contributed by atoms with E-state index in [1.165, 1.54) is 13.2 Å². The Morgan fingerprint density at radius 3 is 2.26 bits per heavy atom. The van der Waals surface area contributed by atoms with E-state index in [2.05, 4.69) is 42.5 Å². The average molecular weight is 624 g/mol. The van der Waals surface area contributed by atoms with Crippen molar-refractivity contribution in [1.29, 1.82) is 0 Å². The molecule has 2 N–H and O–H groups in total. The predicted octanol–water partition coefficient (Wildman–Crippen LogP) is 5.80. The van der Waals surface area contributed by atoms with Crippen LogP contribution in [-0.2, 0) is 0 Å². The van der Waals surface area contributed by atoms with Crippen molar-refractivity contribution in [3.8, 4) is 5.75 Å². The van der Waals surface area contributed by atoms with Crippen LogP contribution < -0.4 is 20.3 Å².